The van der Waals surface area contributed by atoms with Crippen molar-refractivity contribution in [2.24, 2.45) is 17.8 Å². The first-order valence-corrected chi connectivity index (χ1v) is 11.2. The van der Waals surface area contributed by atoms with Gasteiger partial charge < -0.3 is 24.7 Å². The number of nitrogens with zero attached hydrogens (tertiary/aromatic N) is 2. The highest BCUT2D eigenvalue weighted by molar-refractivity contribution is 5.98. The molecule has 1 spiro atoms. The predicted octanol–water partition coefficient (Wildman–Crippen LogP) is 1.67. The molecule has 8 nitrogen and oxygen atoms in total. The van der Waals surface area contributed by atoms with Crippen molar-refractivity contribution in [2.45, 2.75) is 83.2 Å². The van der Waals surface area contributed by atoms with E-state index in [1.165, 1.54) is 4.90 Å². The Hall–Kier alpha value is -1.93. The quantitative estimate of drug-likeness (QED) is 0.533. The Labute approximate surface area is 184 Å². The molecule has 2 N–H and O–H groups in total. The molecule has 3 saturated heterocycles. The Kier molecular flexibility index (Phi) is 6.28. The summed E-state index contributed by atoms with van der Waals surface area (Å²) in [5.41, 5.74) is -2.17. The molecule has 2 amide bonds. The fourth-order valence-electron chi connectivity index (χ4n) is 6.08. The van der Waals surface area contributed by atoms with E-state index in [-0.39, 0.29) is 24.5 Å². The van der Waals surface area contributed by atoms with E-state index in [0.717, 1.165) is 0 Å². The average molecular weight is 437 g/mol. The Morgan fingerprint density at radius 2 is 1.97 bits per heavy atom. The second-order valence-corrected chi connectivity index (χ2v) is 10.2. The number of likely N-dealkylation sites (tertiary alicyclic amines) is 1. The van der Waals surface area contributed by atoms with E-state index in [1.807, 2.05) is 27.7 Å². The van der Waals surface area contributed by atoms with E-state index >= 15 is 0 Å². The summed E-state index contributed by atoms with van der Waals surface area (Å²) in [6, 6.07) is -1.68. The molecule has 2 unspecified atom stereocenters. The summed E-state index contributed by atoms with van der Waals surface area (Å²) in [7, 11) is 0. The van der Waals surface area contributed by atoms with Crippen LogP contribution in [0.1, 0.15) is 53.9 Å². The van der Waals surface area contributed by atoms with Gasteiger partial charge in [0, 0.05) is 12.6 Å². The molecule has 0 aromatic heterocycles. The molecule has 3 heterocycles. The monoisotopic (exact) mass is 436 g/mol. The second-order valence-electron chi connectivity index (χ2n) is 10.2. The number of rotatable bonds is 9. The summed E-state index contributed by atoms with van der Waals surface area (Å²) < 4.78 is 6.39. The zero-order chi connectivity index (χ0) is 23.3. The number of ether oxygens (including phenoxy) is 1. The van der Waals surface area contributed by atoms with Crippen LogP contribution in [0.2, 0.25) is 0 Å². The van der Waals surface area contributed by atoms with Gasteiger partial charge in [0.1, 0.15) is 11.6 Å². The van der Waals surface area contributed by atoms with Gasteiger partial charge in [0.05, 0.1) is 30.1 Å². The Balaban J connectivity index is 2.15. The van der Waals surface area contributed by atoms with E-state index in [0.29, 0.717) is 25.8 Å². The van der Waals surface area contributed by atoms with Crippen molar-refractivity contribution in [1.29, 1.82) is 0 Å². The number of carbonyl (C=O) groups is 3. The minimum Gasteiger partial charge on any atom is -0.481 e. The molecule has 2 bridgehead atoms. The molecule has 31 heavy (non-hydrogen) atoms. The van der Waals surface area contributed by atoms with Gasteiger partial charge in [-0.05, 0) is 46.0 Å². The third-order valence-corrected chi connectivity index (χ3v) is 7.29. The molecule has 8 heteroatoms. The van der Waals surface area contributed by atoms with Crippen molar-refractivity contribution in [3.63, 3.8) is 0 Å². The summed E-state index contributed by atoms with van der Waals surface area (Å²) in [4.78, 5) is 43.0. The molecule has 3 aliphatic rings. The van der Waals surface area contributed by atoms with Crippen LogP contribution in [0, 0.1) is 17.8 Å². The van der Waals surface area contributed by atoms with E-state index < -0.39 is 47.0 Å². The first-order valence-electron chi connectivity index (χ1n) is 11.2. The summed E-state index contributed by atoms with van der Waals surface area (Å²) in [5.74, 6) is -3.51. The summed E-state index contributed by atoms with van der Waals surface area (Å²) in [6.45, 7) is 13.3. The molecule has 0 aliphatic carbocycles. The lowest BCUT2D eigenvalue weighted by atomic mass is 9.66. The average Bonchev–Trinajstić information content (AvgIpc) is 3.24. The van der Waals surface area contributed by atoms with Gasteiger partial charge in [-0.2, -0.15) is 0 Å². The van der Waals surface area contributed by atoms with Crippen LogP contribution >= 0.6 is 0 Å². The number of hydrogen-bond acceptors (Lipinski definition) is 5. The van der Waals surface area contributed by atoms with Crippen molar-refractivity contribution < 1.29 is 29.3 Å². The number of carboxylic acids is 1. The largest absolute Gasteiger partial charge is 0.481 e. The second kappa shape index (κ2) is 8.20. The SMILES string of the molecule is C=CCN(C(=O)C1N([C@@H](CO)CC(C)C)C(=O)[C@@H]2[C@H](C(=O)O)[C@]3(C)CCC12O3)C(C)C. The molecule has 174 valence electrons. The molecule has 3 aliphatic heterocycles. The highest BCUT2D eigenvalue weighted by Crippen LogP contribution is 2.63. The number of hydrogen-bond donors (Lipinski definition) is 2. The Bertz CT molecular complexity index is 767. The summed E-state index contributed by atoms with van der Waals surface area (Å²) >= 11 is 0. The van der Waals surface area contributed by atoms with Crippen molar-refractivity contribution in [3.8, 4) is 0 Å². The molecule has 3 fully saturated rings. The lowest BCUT2D eigenvalue weighted by Gasteiger charge is -2.40. The highest BCUT2D eigenvalue weighted by Gasteiger charge is 2.78. The molecule has 0 saturated carbocycles. The predicted molar refractivity (Wildman–Crippen MR) is 114 cm³/mol. The van der Waals surface area contributed by atoms with E-state index in [4.69, 9.17) is 4.74 Å². The molecule has 0 aromatic rings. The van der Waals surface area contributed by atoms with Crippen LogP contribution in [-0.4, -0.2) is 80.3 Å². The van der Waals surface area contributed by atoms with Crippen LogP contribution in [0.4, 0.5) is 0 Å². The Morgan fingerprint density at radius 1 is 1.32 bits per heavy atom. The minimum atomic E-state index is -1.19. The van der Waals surface area contributed by atoms with Gasteiger partial charge in [-0.3, -0.25) is 14.4 Å². The van der Waals surface area contributed by atoms with Gasteiger partial charge in [-0.25, -0.2) is 0 Å². The van der Waals surface area contributed by atoms with Crippen molar-refractivity contribution in [2.75, 3.05) is 13.2 Å². The van der Waals surface area contributed by atoms with Crippen LogP contribution in [0.5, 0.6) is 0 Å². The lowest BCUT2D eigenvalue weighted by molar-refractivity contribution is -0.159. The molecular weight excluding hydrogens is 400 g/mol. The topological polar surface area (TPSA) is 107 Å². The zero-order valence-corrected chi connectivity index (χ0v) is 19.2. The zero-order valence-electron chi connectivity index (χ0n) is 19.2. The normalized spacial score (nSPS) is 35.0. The van der Waals surface area contributed by atoms with Crippen LogP contribution < -0.4 is 0 Å². The Morgan fingerprint density at radius 3 is 2.45 bits per heavy atom. The maximum absolute atomic E-state index is 13.9. The fraction of sp³-hybridized carbons (Fsp3) is 0.783. The number of aliphatic hydroxyl groups excluding tert-OH is 1. The third kappa shape index (κ3) is 3.48. The maximum Gasteiger partial charge on any atom is 0.310 e. The van der Waals surface area contributed by atoms with Gasteiger partial charge in [0.2, 0.25) is 11.8 Å². The van der Waals surface area contributed by atoms with Gasteiger partial charge in [0.15, 0.2) is 0 Å². The number of aliphatic carboxylic acids is 1. The molecule has 0 radical (unpaired) electrons. The molecule has 3 rings (SSSR count). The van der Waals surface area contributed by atoms with Crippen molar-refractivity contribution in [1.82, 2.24) is 9.80 Å². The van der Waals surface area contributed by atoms with Gasteiger partial charge in [-0.1, -0.05) is 19.9 Å². The lowest BCUT2D eigenvalue weighted by Crippen LogP contribution is -2.60. The fourth-order valence-corrected chi connectivity index (χ4v) is 6.08. The van der Waals surface area contributed by atoms with Gasteiger partial charge in [0.25, 0.3) is 0 Å². The van der Waals surface area contributed by atoms with Crippen LogP contribution in [0.15, 0.2) is 12.7 Å². The first-order chi connectivity index (χ1) is 14.4. The third-order valence-electron chi connectivity index (χ3n) is 7.29. The van der Waals surface area contributed by atoms with Crippen LogP contribution in [0.25, 0.3) is 0 Å². The van der Waals surface area contributed by atoms with E-state index in [1.54, 1.807) is 17.9 Å². The van der Waals surface area contributed by atoms with Gasteiger partial charge >= 0.3 is 5.97 Å². The number of aliphatic hydroxyl groups is 1. The number of carboxylic acid groups (broad SMARTS) is 1. The number of amides is 2. The standard InChI is InChI=1S/C23H36N2O6/c1-7-10-24(14(4)5)20(28)18-23-9-8-22(6,31-23)17(21(29)30)16(23)19(27)25(18)15(12-26)11-13(2)3/h7,13-18,26H,1,8-12H2,2-6H3,(H,29,30)/t15-,16+,17-,18?,22+,23?/m1/s1. The van der Waals surface area contributed by atoms with Crippen molar-refractivity contribution >= 4 is 17.8 Å². The van der Waals surface area contributed by atoms with E-state index in [2.05, 4.69) is 6.58 Å². The van der Waals surface area contributed by atoms with Crippen molar-refractivity contribution in [3.05, 3.63) is 12.7 Å². The molecular formula is C23H36N2O6. The maximum atomic E-state index is 13.9. The minimum absolute atomic E-state index is 0.139. The first kappa shape index (κ1) is 23.7. The smallest absolute Gasteiger partial charge is 0.310 e. The summed E-state index contributed by atoms with van der Waals surface area (Å²) in [5, 5.41) is 20.2. The van der Waals surface area contributed by atoms with Crippen LogP contribution in [-0.2, 0) is 19.1 Å². The highest BCUT2D eigenvalue weighted by atomic mass is 16.5. The van der Waals surface area contributed by atoms with E-state index in [9.17, 15) is 24.6 Å². The number of fused-ring (bicyclic) bond motifs is 1. The number of carbonyl (C=O) groups excluding carboxylic acids is 2. The summed E-state index contributed by atoms with van der Waals surface area (Å²) in [6.07, 6.45) is 3.06. The van der Waals surface area contributed by atoms with Crippen LogP contribution in [0.3, 0.4) is 0 Å². The molecule has 0 aromatic carbocycles. The van der Waals surface area contributed by atoms with Gasteiger partial charge in [-0.15, -0.1) is 6.58 Å². The molecule has 6 atom stereocenters.